The second kappa shape index (κ2) is 6.88. The number of aromatic nitrogens is 2. The Labute approximate surface area is 162 Å². The molecule has 0 spiro atoms. The van der Waals surface area contributed by atoms with Gasteiger partial charge in [-0.1, -0.05) is 33.8 Å². The van der Waals surface area contributed by atoms with Gasteiger partial charge in [0.05, 0.1) is 17.0 Å². The summed E-state index contributed by atoms with van der Waals surface area (Å²) in [5, 5.41) is 17.8. The summed E-state index contributed by atoms with van der Waals surface area (Å²) in [4.78, 5) is 11.5. The summed E-state index contributed by atoms with van der Waals surface area (Å²) in [6.07, 6.45) is -0.690. The van der Waals surface area contributed by atoms with E-state index in [1.807, 2.05) is 20.8 Å². The minimum absolute atomic E-state index is 0.0946. The number of halogens is 2. The van der Waals surface area contributed by atoms with Crippen LogP contribution in [0.1, 0.15) is 58.2 Å². The monoisotopic (exact) mass is 390 g/mol. The molecule has 1 aliphatic carbocycles. The Bertz CT molecular complexity index is 912. The van der Waals surface area contributed by atoms with Crippen molar-refractivity contribution in [3.05, 3.63) is 47.2 Å². The molecule has 3 rings (SSSR count). The molecule has 1 aromatic heterocycles. The Balaban J connectivity index is 2.14. The van der Waals surface area contributed by atoms with Crippen LogP contribution in [0.25, 0.3) is 11.3 Å². The van der Waals surface area contributed by atoms with E-state index in [1.54, 1.807) is 19.9 Å². The summed E-state index contributed by atoms with van der Waals surface area (Å²) in [6, 6.07) is 5.27. The highest BCUT2D eigenvalue weighted by Crippen LogP contribution is 2.59. The highest BCUT2D eigenvalue weighted by molar-refractivity contribution is 5.72. The number of rotatable bonds is 5. The lowest BCUT2D eigenvalue weighted by Crippen LogP contribution is -2.44. The molecule has 0 radical (unpaired) electrons. The van der Waals surface area contributed by atoms with E-state index in [2.05, 4.69) is 10.2 Å². The van der Waals surface area contributed by atoms with Crippen molar-refractivity contribution in [2.45, 2.75) is 58.7 Å². The van der Waals surface area contributed by atoms with Crippen LogP contribution in [0.4, 0.5) is 8.78 Å². The molecule has 3 atom stereocenters. The van der Waals surface area contributed by atoms with Gasteiger partial charge >= 0.3 is 5.97 Å². The van der Waals surface area contributed by atoms with Gasteiger partial charge in [0.25, 0.3) is 0 Å². The van der Waals surface area contributed by atoms with Crippen LogP contribution in [0, 0.1) is 17.0 Å². The number of carbonyl (C=O) groups is 1. The fourth-order valence-electron chi connectivity index (χ4n) is 3.88. The maximum atomic E-state index is 14.2. The topological polar surface area (TPSA) is 72.3 Å². The summed E-state index contributed by atoms with van der Waals surface area (Å²) in [7, 11) is 0. The van der Waals surface area contributed by atoms with Gasteiger partial charge in [-0.3, -0.25) is 0 Å². The highest BCUT2D eigenvalue weighted by atomic mass is 19.1. The van der Waals surface area contributed by atoms with E-state index in [1.165, 1.54) is 18.2 Å². The van der Waals surface area contributed by atoms with Crippen LogP contribution < -0.4 is 0 Å². The predicted octanol–water partition coefficient (Wildman–Crippen LogP) is 4.66. The Hall–Kier alpha value is -2.41. The smallest absolute Gasteiger partial charge is 0.332 e. The van der Waals surface area contributed by atoms with Crippen LogP contribution in [-0.4, -0.2) is 27.4 Å². The van der Waals surface area contributed by atoms with Crippen molar-refractivity contribution < 1.29 is 23.4 Å². The van der Waals surface area contributed by atoms with Crippen molar-refractivity contribution in [2.24, 2.45) is 5.41 Å². The largest absolute Gasteiger partial charge is 0.479 e. The number of hydrogen-bond acceptors (Lipinski definition) is 4. The molecule has 28 heavy (non-hydrogen) atoms. The van der Waals surface area contributed by atoms with Gasteiger partial charge in [0.15, 0.2) is 6.10 Å². The molecule has 0 fully saturated rings. The Kier molecular flexibility index (Phi) is 5.00. The van der Waals surface area contributed by atoms with E-state index < -0.39 is 34.7 Å². The van der Waals surface area contributed by atoms with Crippen LogP contribution >= 0.6 is 0 Å². The lowest BCUT2D eigenvalue weighted by atomic mass is 9.72. The van der Waals surface area contributed by atoms with Gasteiger partial charge in [-0.15, -0.1) is 5.10 Å². The molecule has 0 bridgehead atoms. The van der Waals surface area contributed by atoms with E-state index in [9.17, 15) is 18.7 Å². The van der Waals surface area contributed by atoms with Gasteiger partial charge in [-0.2, -0.15) is 5.10 Å². The molecule has 0 saturated heterocycles. The van der Waals surface area contributed by atoms with E-state index in [-0.39, 0.29) is 17.2 Å². The Morgan fingerprint density at radius 3 is 2.39 bits per heavy atom. The normalized spacial score (nSPS) is 24.0. The Morgan fingerprint density at radius 2 is 1.86 bits per heavy atom. The maximum Gasteiger partial charge on any atom is 0.332 e. The van der Waals surface area contributed by atoms with E-state index in [0.717, 1.165) is 5.56 Å². The zero-order chi connectivity index (χ0) is 20.9. The molecule has 1 heterocycles. The third kappa shape index (κ3) is 2.89. The second-order valence-corrected chi connectivity index (χ2v) is 7.96. The van der Waals surface area contributed by atoms with Gasteiger partial charge in [-0.05, 0) is 43.0 Å². The SMILES string of the molecule is CC[C@@H](OC1(C)c2nnc(-c3c(F)cccc3F)cc2C(C)C1(C)C)C(=O)O. The second-order valence-electron chi connectivity index (χ2n) is 7.96. The number of carboxylic acid groups (broad SMARTS) is 1. The minimum Gasteiger partial charge on any atom is -0.479 e. The number of ether oxygens (including phenoxy) is 1. The van der Waals surface area contributed by atoms with Crippen LogP contribution in [0.2, 0.25) is 0 Å². The van der Waals surface area contributed by atoms with E-state index in [0.29, 0.717) is 12.1 Å². The van der Waals surface area contributed by atoms with Crippen LogP contribution in [0.15, 0.2) is 24.3 Å². The first-order valence-electron chi connectivity index (χ1n) is 9.27. The lowest BCUT2D eigenvalue weighted by Gasteiger charge is -2.41. The molecule has 7 heteroatoms. The minimum atomic E-state index is -1.04. The van der Waals surface area contributed by atoms with Crippen molar-refractivity contribution in [3.63, 3.8) is 0 Å². The summed E-state index contributed by atoms with van der Waals surface area (Å²) < 4.78 is 34.5. The summed E-state index contributed by atoms with van der Waals surface area (Å²) >= 11 is 0. The molecular formula is C21H24F2N2O3. The summed E-state index contributed by atoms with van der Waals surface area (Å²) in [5.41, 5.74) is -0.397. The van der Waals surface area contributed by atoms with Crippen LogP contribution in [0.5, 0.6) is 0 Å². The number of fused-ring (bicyclic) bond motifs is 1. The van der Waals surface area contributed by atoms with Crippen molar-refractivity contribution >= 4 is 5.97 Å². The van der Waals surface area contributed by atoms with Gasteiger partial charge < -0.3 is 9.84 Å². The van der Waals surface area contributed by atoms with Gasteiger partial charge in [0, 0.05) is 5.41 Å². The molecule has 0 amide bonds. The van der Waals surface area contributed by atoms with Gasteiger partial charge in [0.1, 0.15) is 17.2 Å². The first-order chi connectivity index (χ1) is 13.0. The zero-order valence-electron chi connectivity index (χ0n) is 16.6. The van der Waals surface area contributed by atoms with E-state index >= 15 is 0 Å². The molecule has 1 aliphatic rings. The first-order valence-corrected chi connectivity index (χ1v) is 9.27. The zero-order valence-corrected chi connectivity index (χ0v) is 16.6. The number of aliphatic carboxylic acids is 1. The number of hydrogen-bond donors (Lipinski definition) is 1. The highest BCUT2D eigenvalue weighted by Gasteiger charge is 2.57. The number of nitrogens with zero attached hydrogens (tertiary/aromatic N) is 2. The predicted molar refractivity (Wildman–Crippen MR) is 99.7 cm³/mol. The molecule has 1 N–H and O–H groups in total. The van der Waals surface area contributed by atoms with Crippen LogP contribution in [0.3, 0.4) is 0 Å². The Morgan fingerprint density at radius 1 is 1.25 bits per heavy atom. The first kappa shape index (κ1) is 20.3. The fraction of sp³-hybridized carbons (Fsp3) is 0.476. The van der Waals surface area contributed by atoms with Crippen molar-refractivity contribution in [1.29, 1.82) is 0 Å². The van der Waals surface area contributed by atoms with Crippen molar-refractivity contribution in [2.75, 3.05) is 0 Å². The van der Waals surface area contributed by atoms with Crippen molar-refractivity contribution in [3.8, 4) is 11.3 Å². The molecule has 0 aliphatic heterocycles. The summed E-state index contributed by atoms with van der Waals surface area (Å²) in [5.74, 6) is -2.56. The maximum absolute atomic E-state index is 14.2. The molecule has 5 nitrogen and oxygen atoms in total. The fourth-order valence-corrected chi connectivity index (χ4v) is 3.88. The summed E-state index contributed by atoms with van der Waals surface area (Å²) in [6.45, 7) is 9.45. The third-order valence-electron chi connectivity index (χ3n) is 6.30. The molecule has 0 saturated carbocycles. The van der Waals surface area contributed by atoms with E-state index in [4.69, 9.17) is 4.74 Å². The van der Waals surface area contributed by atoms with Crippen molar-refractivity contribution in [1.82, 2.24) is 10.2 Å². The quantitative estimate of drug-likeness (QED) is 0.804. The van der Waals surface area contributed by atoms with Crippen LogP contribution in [-0.2, 0) is 15.1 Å². The lowest BCUT2D eigenvalue weighted by molar-refractivity contribution is -0.183. The molecule has 2 unspecified atom stereocenters. The number of carboxylic acids is 1. The molecule has 1 aromatic carbocycles. The van der Waals surface area contributed by atoms with Gasteiger partial charge in [0.2, 0.25) is 0 Å². The van der Waals surface area contributed by atoms with Gasteiger partial charge in [-0.25, -0.2) is 13.6 Å². The average Bonchev–Trinajstić information content (AvgIpc) is 2.77. The molecular weight excluding hydrogens is 366 g/mol. The number of benzene rings is 1. The molecule has 2 aromatic rings. The molecule has 150 valence electrons. The third-order valence-corrected chi connectivity index (χ3v) is 6.30. The standard InChI is InChI=1S/C21H24F2N2O3/c1-6-16(19(26)27)28-21(5)18-12(11(2)20(21,3)4)10-15(24-25-18)17-13(22)8-7-9-14(17)23/h7-11,16H,6H2,1-5H3,(H,26,27)/t11?,16-,21?/m1/s1. The average molecular weight is 390 g/mol.